The summed E-state index contributed by atoms with van der Waals surface area (Å²) in [5.74, 6) is 2.20. The molecule has 0 atom stereocenters. The van der Waals surface area contributed by atoms with Crippen LogP contribution in [-0.4, -0.2) is 28.3 Å². The number of ether oxygens (including phenoxy) is 1. The zero-order valence-electron chi connectivity index (χ0n) is 13.5. The third-order valence-corrected chi connectivity index (χ3v) is 4.13. The van der Waals surface area contributed by atoms with Crippen LogP contribution in [0.3, 0.4) is 0 Å². The van der Waals surface area contributed by atoms with Gasteiger partial charge in [0, 0.05) is 12.6 Å². The Balaban J connectivity index is 1.56. The molecule has 122 valence electrons. The van der Waals surface area contributed by atoms with Gasteiger partial charge in [-0.15, -0.1) is 5.10 Å². The minimum absolute atomic E-state index is 0.474. The van der Waals surface area contributed by atoms with Crippen molar-refractivity contribution in [3.05, 3.63) is 36.0 Å². The molecule has 1 aliphatic rings. The van der Waals surface area contributed by atoms with Crippen LogP contribution in [0.4, 0.5) is 11.8 Å². The molecular formula is C17H23N5O. The number of rotatable bonds is 6. The van der Waals surface area contributed by atoms with Crippen molar-refractivity contribution in [1.82, 2.24) is 15.2 Å². The summed E-state index contributed by atoms with van der Waals surface area (Å²) in [6.07, 6.45) is 7.91. The van der Waals surface area contributed by atoms with Gasteiger partial charge in [-0.05, 0) is 30.5 Å². The Morgan fingerprint density at radius 3 is 2.65 bits per heavy atom. The van der Waals surface area contributed by atoms with Crippen LogP contribution < -0.4 is 15.4 Å². The fraction of sp³-hybridized carbons (Fsp3) is 0.471. The number of benzene rings is 1. The molecule has 1 heterocycles. The van der Waals surface area contributed by atoms with Gasteiger partial charge in [-0.2, -0.15) is 10.1 Å². The third-order valence-electron chi connectivity index (χ3n) is 4.13. The Labute approximate surface area is 136 Å². The number of nitrogens with zero attached hydrogens (tertiary/aromatic N) is 3. The molecule has 0 spiro atoms. The quantitative estimate of drug-likeness (QED) is 0.853. The van der Waals surface area contributed by atoms with Gasteiger partial charge >= 0.3 is 0 Å². The minimum atomic E-state index is 0.474. The van der Waals surface area contributed by atoms with Gasteiger partial charge in [0.05, 0.1) is 13.3 Å². The molecule has 0 unspecified atom stereocenters. The molecule has 2 aromatic rings. The first-order chi connectivity index (χ1) is 11.3. The number of nitrogens with one attached hydrogen (secondary N) is 2. The topological polar surface area (TPSA) is 72.0 Å². The number of hydrogen-bond acceptors (Lipinski definition) is 6. The summed E-state index contributed by atoms with van der Waals surface area (Å²) < 4.78 is 5.16. The molecule has 0 radical (unpaired) electrons. The van der Waals surface area contributed by atoms with E-state index in [1.807, 2.05) is 24.3 Å². The van der Waals surface area contributed by atoms with Crippen LogP contribution in [0.15, 0.2) is 30.5 Å². The summed E-state index contributed by atoms with van der Waals surface area (Å²) in [6.45, 7) is 0.686. The molecule has 23 heavy (non-hydrogen) atoms. The Kier molecular flexibility index (Phi) is 5.24. The second-order valence-electron chi connectivity index (χ2n) is 5.85. The van der Waals surface area contributed by atoms with Gasteiger partial charge in [-0.25, -0.2) is 0 Å². The first-order valence-electron chi connectivity index (χ1n) is 8.16. The van der Waals surface area contributed by atoms with Gasteiger partial charge in [0.1, 0.15) is 5.75 Å². The molecule has 3 rings (SSSR count). The van der Waals surface area contributed by atoms with Crippen LogP contribution in [0, 0.1) is 0 Å². The number of methoxy groups -OCH3 is 1. The SMILES string of the molecule is COc1ccc(CNc2cnnc(NC3CCCCC3)n2)cc1. The van der Waals surface area contributed by atoms with Gasteiger partial charge < -0.3 is 15.4 Å². The molecule has 1 aromatic heterocycles. The summed E-state index contributed by atoms with van der Waals surface area (Å²) in [5.41, 5.74) is 1.16. The molecule has 0 aliphatic heterocycles. The summed E-state index contributed by atoms with van der Waals surface area (Å²) in [7, 11) is 1.67. The fourth-order valence-electron chi connectivity index (χ4n) is 2.82. The molecule has 0 amide bonds. The maximum absolute atomic E-state index is 5.16. The van der Waals surface area contributed by atoms with Crippen LogP contribution in [0.5, 0.6) is 5.75 Å². The largest absolute Gasteiger partial charge is 0.497 e. The van der Waals surface area contributed by atoms with Gasteiger partial charge in [-0.3, -0.25) is 0 Å². The molecule has 1 aliphatic carbocycles. The molecule has 6 nitrogen and oxygen atoms in total. The maximum Gasteiger partial charge on any atom is 0.244 e. The number of hydrogen-bond donors (Lipinski definition) is 2. The molecular weight excluding hydrogens is 290 g/mol. The number of aromatic nitrogens is 3. The minimum Gasteiger partial charge on any atom is -0.497 e. The summed E-state index contributed by atoms with van der Waals surface area (Å²) in [6, 6.07) is 8.43. The average Bonchev–Trinajstić information content (AvgIpc) is 2.62. The second-order valence-corrected chi connectivity index (χ2v) is 5.85. The molecule has 1 fully saturated rings. The highest BCUT2D eigenvalue weighted by Crippen LogP contribution is 2.20. The standard InChI is InChI=1S/C17H23N5O/c1-23-15-9-7-13(8-10-15)11-18-16-12-19-22-17(21-16)20-14-5-3-2-4-6-14/h7-10,12,14H,2-6,11H2,1H3,(H2,18,20,21,22). The Bertz CT molecular complexity index is 611. The predicted octanol–water partition coefficient (Wildman–Crippen LogP) is 3.24. The van der Waals surface area contributed by atoms with Crippen molar-refractivity contribution in [3.8, 4) is 5.75 Å². The average molecular weight is 313 g/mol. The normalized spacial score (nSPS) is 15.2. The Morgan fingerprint density at radius 2 is 1.91 bits per heavy atom. The predicted molar refractivity (Wildman–Crippen MR) is 90.6 cm³/mol. The maximum atomic E-state index is 5.16. The first kappa shape index (κ1) is 15.5. The lowest BCUT2D eigenvalue weighted by molar-refractivity contribution is 0.414. The lowest BCUT2D eigenvalue weighted by Crippen LogP contribution is -2.23. The van der Waals surface area contributed by atoms with E-state index in [1.165, 1.54) is 32.1 Å². The Morgan fingerprint density at radius 1 is 1.13 bits per heavy atom. The fourth-order valence-corrected chi connectivity index (χ4v) is 2.82. The van der Waals surface area contributed by atoms with Crippen LogP contribution in [-0.2, 0) is 6.54 Å². The molecule has 0 bridgehead atoms. The highest BCUT2D eigenvalue weighted by molar-refractivity contribution is 5.39. The van der Waals surface area contributed by atoms with Crippen molar-refractivity contribution in [2.45, 2.75) is 44.7 Å². The van der Waals surface area contributed by atoms with Gasteiger partial charge in [0.2, 0.25) is 5.95 Å². The van der Waals surface area contributed by atoms with E-state index in [9.17, 15) is 0 Å². The highest BCUT2D eigenvalue weighted by Gasteiger charge is 2.14. The van der Waals surface area contributed by atoms with E-state index in [1.54, 1.807) is 13.3 Å². The van der Waals surface area contributed by atoms with Gasteiger partial charge in [0.25, 0.3) is 0 Å². The van der Waals surface area contributed by atoms with Crippen molar-refractivity contribution >= 4 is 11.8 Å². The van der Waals surface area contributed by atoms with E-state index in [4.69, 9.17) is 4.74 Å². The van der Waals surface area contributed by atoms with Crippen molar-refractivity contribution in [2.75, 3.05) is 17.7 Å². The zero-order valence-corrected chi connectivity index (χ0v) is 13.5. The van der Waals surface area contributed by atoms with Crippen LogP contribution >= 0.6 is 0 Å². The van der Waals surface area contributed by atoms with Gasteiger partial charge in [0.15, 0.2) is 5.82 Å². The van der Waals surface area contributed by atoms with Crippen LogP contribution in [0.1, 0.15) is 37.7 Å². The van der Waals surface area contributed by atoms with Crippen molar-refractivity contribution in [1.29, 1.82) is 0 Å². The van der Waals surface area contributed by atoms with Gasteiger partial charge in [-0.1, -0.05) is 31.4 Å². The van der Waals surface area contributed by atoms with E-state index in [0.717, 1.165) is 17.1 Å². The van der Waals surface area contributed by atoms with Crippen molar-refractivity contribution < 1.29 is 4.74 Å². The first-order valence-corrected chi connectivity index (χ1v) is 8.16. The smallest absolute Gasteiger partial charge is 0.244 e. The molecule has 1 saturated carbocycles. The molecule has 0 saturated heterocycles. The van der Waals surface area contributed by atoms with E-state index in [0.29, 0.717) is 18.5 Å². The number of anilines is 2. The molecule has 1 aromatic carbocycles. The lowest BCUT2D eigenvalue weighted by Gasteiger charge is -2.22. The Hall–Kier alpha value is -2.37. The van der Waals surface area contributed by atoms with Crippen LogP contribution in [0.25, 0.3) is 0 Å². The van der Waals surface area contributed by atoms with E-state index in [2.05, 4.69) is 25.8 Å². The summed E-state index contributed by atoms with van der Waals surface area (Å²) >= 11 is 0. The zero-order chi connectivity index (χ0) is 15.9. The van der Waals surface area contributed by atoms with E-state index < -0.39 is 0 Å². The summed E-state index contributed by atoms with van der Waals surface area (Å²) in [4.78, 5) is 4.50. The van der Waals surface area contributed by atoms with E-state index in [-0.39, 0.29) is 0 Å². The molecule has 2 N–H and O–H groups in total. The van der Waals surface area contributed by atoms with Crippen molar-refractivity contribution in [3.63, 3.8) is 0 Å². The lowest BCUT2D eigenvalue weighted by atomic mass is 9.96. The highest BCUT2D eigenvalue weighted by atomic mass is 16.5. The van der Waals surface area contributed by atoms with Crippen LogP contribution in [0.2, 0.25) is 0 Å². The summed E-state index contributed by atoms with van der Waals surface area (Å²) in [5, 5.41) is 14.8. The van der Waals surface area contributed by atoms with Crippen molar-refractivity contribution in [2.24, 2.45) is 0 Å². The monoisotopic (exact) mass is 313 g/mol. The second kappa shape index (κ2) is 7.76. The molecule has 6 heteroatoms. The third kappa shape index (κ3) is 4.55. The van der Waals surface area contributed by atoms with E-state index >= 15 is 0 Å².